The molecule has 134 valence electrons. The molecule has 3 aromatic carbocycles. The number of nitro benzene ring substituents is 1. The van der Waals surface area contributed by atoms with Gasteiger partial charge in [-0.15, -0.1) is 5.11 Å². The van der Waals surface area contributed by atoms with Gasteiger partial charge in [0.1, 0.15) is 10.6 Å². The molecular weight excluding hydrogens is 383 g/mol. The molecule has 0 aromatic heterocycles. The van der Waals surface area contributed by atoms with Crippen LogP contribution < -0.4 is 5.73 Å². The van der Waals surface area contributed by atoms with Crippen molar-refractivity contribution in [3.05, 3.63) is 64.7 Å². The minimum atomic E-state index is -4.52. The van der Waals surface area contributed by atoms with Gasteiger partial charge in [-0.2, -0.15) is 13.5 Å². The first-order valence-electron chi connectivity index (χ1n) is 7.22. The Balaban J connectivity index is 0.00000261. The van der Waals surface area contributed by atoms with Crippen LogP contribution in [0.15, 0.2) is 69.7 Å². The average molecular weight is 396 g/mol. The second-order valence-corrected chi connectivity index (χ2v) is 6.70. The van der Waals surface area contributed by atoms with Gasteiger partial charge in [-0.3, -0.25) is 14.7 Å². The maximum atomic E-state index is 11.7. The summed E-state index contributed by atoms with van der Waals surface area (Å²) >= 11 is 0. The molecule has 0 atom stereocenters. The van der Waals surface area contributed by atoms with E-state index in [1.807, 2.05) is 0 Å². The number of rotatable bonds is 4. The molecule has 0 fully saturated rings. The number of anilines is 1. The fourth-order valence-electron chi connectivity index (χ4n) is 2.43. The summed E-state index contributed by atoms with van der Waals surface area (Å²) in [6.07, 6.45) is 0. The Morgan fingerprint density at radius 2 is 1.67 bits per heavy atom. The second kappa shape index (κ2) is 8.11. The molecule has 0 amide bonds. The Morgan fingerprint density at radius 1 is 1.00 bits per heavy atom. The van der Waals surface area contributed by atoms with E-state index >= 15 is 0 Å². The summed E-state index contributed by atoms with van der Waals surface area (Å²) in [5.74, 6) is 0. The molecule has 0 radical (unpaired) electrons. The predicted octanol–water partition coefficient (Wildman–Crippen LogP) is 3.34. The SMILES string of the molecule is Nc1c(N=Nc2cccc([N+](=O)[O-])c2)cc(S(=O)(=O)O)c2ccccc12.[NaH]. The zero-order chi connectivity index (χ0) is 18.9. The van der Waals surface area contributed by atoms with Gasteiger partial charge in [-0.25, -0.2) is 0 Å². The van der Waals surface area contributed by atoms with Gasteiger partial charge in [0.05, 0.1) is 16.3 Å². The van der Waals surface area contributed by atoms with Gasteiger partial charge in [0, 0.05) is 22.9 Å². The first-order valence-corrected chi connectivity index (χ1v) is 8.66. The third-order valence-corrected chi connectivity index (χ3v) is 4.51. The van der Waals surface area contributed by atoms with Crippen molar-refractivity contribution in [1.29, 1.82) is 0 Å². The number of nitro groups is 1. The van der Waals surface area contributed by atoms with Gasteiger partial charge >= 0.3 is 29.6 Å². The van der Waals surface area contributed by atoms with Crippen molar-refractivity contribution in [2.75, 3.05) is 5.73 Å². The number of hydrogen-bond donors (Lipinski definition) is 2. The van der Waals surface area contributed by atoms with Crippen LogP contribution in [0.4, 0.5) is 22.7 Å². The van der Waals surface area contributed by atoms with Gasteiger partial charge < -0.3 is 5.73 Å². The number of fused-ring (bicyclic) bond motifs is 1. The molecule has 0 heterocycles. The van der Waals surface area contributed by atoms with Crippen LogP contribution in [0.3, 0.4) is 0 Å². The monoisotopic (exact) mass is 396 g/mol. The van der Waals surface area contributed by atoms with Crippen molar-refractivity contribution in [2.24, 2.45) is 10.2 Å². The van der Waals surface area contributed by atoms with Crippen molar-refractivity contribution in [1.82, 2.24) is 0 Å². The first kappa shape index (κ1) is 20.9. The number of nitrogens with zero attached hydrogens (tertiary/aromatic N) is 3. The quantitative estimate of drug-likeness (QED) is 0.172. The number of hydrogen-bond acceptors (Lipinski definition) is 7. The summed E-state index contributed by atoms with van der Waals surface area (Å²) in [4.78, 5) is 9.88. The number of nitrogen functional groups attached to an aromatic ring is 1. The van der Waals surface area contributed by atoms with Crippen LogP contribution in [-0.2, 0) is 10.1 Å². The zero-order valence-electron chi connectivity index (χ0n) is 13.1. The molecule has 27 heavy (non-hydrogen) atoms. The summed E-state index contributed by atoms with van der Waals surface area (Å²) in [6.45, 7) is 0. The van der Waals surface area contributed by atoms with E-state index in [2.05, 4.69) is 10.2 Å². The summed E-state index contributed by atoms with van der Waals surface area (Å²) in [5.41, 5.74) is 6.25. The molecule has 0 unspecified atom stereocenters. The Morgan fingerprint density at radius 3 is 2.30 bits per heavy atom. The Hall–Kier alpha value is -2.37. The maximum absolute atomic E-state index is 11.7. The number of benzene rings is 3. The number of azo groups is 1. The molecule has 0 saturated carbocycles. The normalized spacial score (nSPS) is 11.4. The molecule has 11 heteroatoms. The summed E-state index contributed by atoms with van der Waals surface area (Å²) < 4.78 is 32.8. The molecule has 0 aliphatic carbocycles. The van der Waals surface area contributed by atoms with E-state index in [4.69, 9.17) is 5.73 Å². The van der Waals surface area contributed by atoms with Crippen molar-refractivity contribution in [3.63, 3.8) is 0 Å². The van der Waals surface area contributed by atoms with Gasteiger partial charge in [-0.05, 0) is 12.1 Å². The van der Waals surface area contributed by atoms with E-state index in [9.17, 15) is 23.1 Å². The molecule has 0 spiro atoms. The average Bonchev–Trinajstić information content (AvgIpc) is 2.60. The topological polar surface area (TPSA) is 148 Å². The summed E-state index contributed by atoms with van der Waals surface area (Å²) in [5, 5.41) is 19.2. The molecular formula is C16H13N4NaO5S. The Bertz CT molecular complexity index is 1160. The van der Waals surface area contributed by atoms with Crippen molar-refractivity contribution >= 4 is 73.2 Å². The van der Waals surface area contributed by atoms with E-state index in [1.165, 1.54) is 30.3 Å². The molecule has 0 bridgehead atoms. The van der Waals surface area contributed by atoms with Gasteiger partial charge in [0.25, 0.3) is 15.8 Å². The molecule has 3 aromatic rings. The van der Waals surface area contributed by atoms with Crippen LogP contribution in [-0.4, -0.2) is 47.5 Å². The van der Waals surface area contributed by atoms with Crippen molar-refractivity contribution in [2.45, 2.75) is 4.90 Å². The third kappa shape index (κ3) is 4.49. The van der Waals surface area contributed by atoms with Gasteiger partial charge in [-0.1, -0.05) is 30.3 Å². The van der Waals surface area contributed by atoms with Gasteiger partial charge in [0.2, 0.25) is 0 Å². The van der Waals surface area contributed by atoms with Crippen LogP contribution in [0, 0.1) is 10.1 Å². The van der Waals surface area contributed by atoms with E-state index in [0.717, 1.165) is 6.07 Å². The van der Waals surface area contributed by atoms with Crippen LogP contribution >= 0.6 is 0 Å². The number of non-ortho nitro benzene ring substituents is 1. The summed E-state index contributed by atoms with van der Waals surface area (Å²) in [7, 11) is -4.52. The van der Waals surface area contributed by atoms with Crippen molar-refractivity contribution < 1.29 is 17.9 Å². The van der Waals surface area contributed by atoms with Crippen molar-refractivity contribution in [3.8, 4) is 0 Å². The predicted molar refractivity (Wildman–Crippen MR) is 103 cm³/mol. The molecule has 0 aliphatic heterocycles. The number of nitrogens with two attached hydrogens (primary N) is 1. The van der Waals surface area contributed by atoms with E-state index in [-0.39, 0.29) is 62.6 Å². The van der Waals surface area contributed by atoms with Crippen LogP contribution in [0.1, 0.15) is 0 Å². The van der Waals surface area contributed by atoms with E-state index in [1.54, 1.807) is 18.2 Å². The Labute approximate surface area is 176 Å². The first-order chi connectivity index (χ1) is 12.3. The molecule has 3 rings (SSSR count). The minimum absolute atomic E-state index is 0. The van der Waals surface area contributed by atoms with E-state index in [0.29, 0.717) is 5.39 Å². The standard InChI is InChI=1S/C16H12N4O5S.Na.H/c17-16-13-7-2-1-6-12(13)15(26(23,24)25)9-14(16)19-18-10-4-3-5-11(8-10)20(21)22;;/h1-9H,17H2,(H,23,24,25);;. The zero-order valence-corrected chi connectivity index (χ0v) is 13.9. The third-order valence-electron chi connectivity index (χ3n) is 3.62. The fraction of sp³-hybridized carbons (Fsp3) is 0. The second-order valence-electron chi connectivity index (χ2n) is 5.31. The Kier molecular flexibility index (Phi) is 6.29. The molecule has 0 aliphatic rings. The molecule has 0 saturated heterocycles. The van der Waals surface area contributed by atoms with Crippen LogP contribution in [0.25, 0.3) is 10.8 Å². The van der Waals surface area contributed by atoms with Gasteiger partial charge in [0.15, 0.2) is 0 Å². The van der Waals surface area contributed by atoms with Crippen LogP contribution in [0.2, 0.25) is 0 Å². The van der Waals surface area contributed by atoms with E-state index < -0.39 is 15.0 Å². The molecule has 9 nitrogen and oxygen atoms in total. The molecule has 3 N–H and O–H groups in total. The fourth-order valence-corrected chi connectivity index (χ4v) is 3.14. The summed E-state index contributed by atoms with van der Waals surface area (Å²) in [6, 6.07) is 12.9. The van der Waals surface area contributed by atoms with Crippen LogP contribution in [0.5, 0.6) is 0 Å².